The van der Waals surface area contributed by atoms with Crippen molar-refractivity contribution in [1.82, 2.24) is 0 Å². The van der Waals surface area contributed by atoms with Gasteiger partial charge in [0.25, 0.3) is 0 Å². The van der Waals surface area contributed by atoms with Crippen LogP contribution in [0.2, 0.25) is 0 Å². The minimum atomic E-state index is 0.185. The zero-order valence-electron chi connectivity index (χ0n) is 15.3. The summed E-state index contributed by atoms with van der Waals surface area (Å²) in [7, 11) is 0. The number of Topliss-reactive ketones (excluding diaryl/α,β-unsaturated/α-hetero) is 1. The van der Waals surface area contributed by atoms with E-state index in [-0.39, 0.29) is 5.92 Å². The molecule has 0 unspecified atom stereocenters. The average molecular weight is 283 g/mol. The molecule has 0 rings (SSSR count). The highest BCUT2D eigenvalue weighted by Gasteiger charge is 2.33. The standard InChI is InChI=1S/C19H38O/c1-14(2)11-19(12-15(3)4,13-16(5)6)10-9-18(20)17(7)8/h14-17H,9-13H2,1-8H3. The fourth-order valence-electron chi connectivity index (χ4n) is 3.83. The molecular formula is C19H38O. The summed E-state index contributed by atoms with van der Waals surface area (Å²) in [5, 5.41) is 0. The molecule has 120 valence electrons. The van der Waals surface area contributed by atoms with Crippen molar-refractivity contribution in [2.45, 2.75) is 87.5 Å². The van der Waals surface area contributed by atoms with Gasteiger partial charge in [-0.15, -0.1) is 0 Å². The van der Waals surface area contributed by atoms with E-state index in [4.69, 9.17) is 0 Å². The molecule has 1 heteroatoms. The van der Waals surface area contributed by atoms with Gasteiger partial charge in [0, 0.05) is 12.3 Å². The molecule has 0 N–H and O–H groups in total. The SMILES string of the molecule is CC(C)CC(CCC(=O)C(C)C)(CC(C)C)CC(C)C. The highest BCUT2D eigenvalue weighted by molar-refractivity contribution is 5.80. The van der Waals surface area contributed by atoms with Crippen LogP contribution < -0.4 is 0 Å². The molecule has 0 aliphatic rings. The molecule has 0 spiro atoms. The summed E-state index contributed by atoms with van der Waals surface area (Å²) in [5.41, 5.74) is 0.362. The molecule has 1 nitrogen and oxygen atoms in total. The lowest BCUT2D eigenvalue weighted by atomic mass is 9.66. The number of carbonyl (C=O) groups excluding carboxylic acids is 1. The van der Waals surface area contributed by atoms with Crippen LogP contribution in [0.5, 0.6) is 0 Å². The third kappa shape index (κ3) is 8.07. The smallest absolute Gasteiger partial charge is 0.135 e. The Hall–Kier alpha value is -0.330. The molecule has 0 aromatic rings. The Bertz CT molecular complexity index is 247. The lowest BCUT2D eigenvalue weighted by Gasteiger charge is -2.39. The third-order valence-electron chi connectivity index (χ3n) is 4.07. The molecule has 0 radical (unpaired) electrons. The van der Waals surface area contributed by atoms with E-state index in [0.29, 0.717) is 29.0 Å². The van der Waals surface area contributed by atoms with Crippen molar-refractivity contribution in [3.05, 3.63) is 0 Å². The van der Waals surface area contributed by atoms with Gasteiger partial charge in [0.15, 0.2) is 0 Å². The molecule has 0 aromatic carbocycles. The molecular weight excluding hydrogens is 244 g/mol. The summed E-state index contributed by atoms with van der Waals surface area (Å²) < 4.78 is 0. The van der Waals surface area contributed by atoms with E-state index in [0.717, 1.165) is 12.8 Å². The van der Waals surface area contributed by atoms with Crippen LogP contribution in [0.1, 0.15) is 87.5 Å². The molecule has 0 bridgehead atoms. The molecule has 20 heavy (non-hydrogen) atoms. The summed E-state index contributed by atoms with van der Waals surface area (Å²) in [5.74, 6) is 2.75. The second-order valence-corrected chi connectivity index (χ2v) is 8.41. The quantitative estimate of drug-likeness (QED) is 0.472. The first-order valence-corrected chi connectivity index (χ1v) is 8.60. The summed E-state index contributed by atoms with van der Waals surface area (Å²) in [6, 6.07) is 0. The van der Waals surface area contributed by atoms with Crippen LogP contribution in [0.25, 0.3) is 0 Å². The minimum Gasteiger partial charge on any atom is -0.299 e. The lowest BCUT2D eigenvalue weighted by molar-refractivity contribution is -0.122. The second-order valence-electron chi connectivity index (χ2n) is 8.41. The third-order valence-corrected chi connectivity index (χ3v) is 4.07. The number of carbonyl (C=O) groups is 1. The molecule has 0 aliphatic heterocycles. The Morgan fingerprint density at radius 2 is 1.10 bits per heavy atom. The van der Waals surface area contributed by atoms with Gasteiger partial charge in [-0.25, -0.2) is 0 Å². The van der Waals surface area contributed by atoms with Crippen molar-refractivity contribution in [2.75, 3.05) is 0 Å². The molecule has 0 fully saturated rings. The zero-order valence-corrected chi connectivity index (χ0v) is 15.3. The fraction of sp³-hybridized carbons (Fsp3) is 0.947. The average Bonchev–Trinajstić information content (AvgIpc) is 2.22. The van der Waals surface area contributed by atoms with Gasteiger partial charge in [0.1, 0.15) is 5.78 Å². The Labute approximate surface area is 127 Å². The molecule has 0 saturated carbocycles. The van der Waals surface area contributed by atoms with Crippen molar-refractivity contribution >= 4 is 5.78 Å². The predicted molar refractivity (Wildman–Crippen MR) is 89.9 cm³/mol. The molecule has 0 saturated heterocycles. The highest BCUT2D eigenvalue weighted by atomic mass is 16.1. The maximum absolute atomic E-state index is 12.0. The molecule has 0 heterocycles. The second kappa shape index (κ2) is 8.85. The Morgan fingerprint density at radius 3 is 1.35 bits per heavy atom. The van der Waals surface area contributed by atoms with Gasteiger partial charge >= 0.3 is 0 Å². The van der Waals surface area contributed by atoms with E-state index in [1.807, 2.05) is 13.8 Å². The highest BCUT2D eigenvalue weighted by Crippen LogP contribution is 2.43. The molecule has 0 aromatic heterocycles. The van der Waals surface area contributed by atoms with Gasteiger partial charge in [-0.05, 0) is 48.9 Å². The largest absolute Gasteiger partial charge is 0.299 e. The van der Waals surface area contributed by atoms with Crippen LogP contribution in [-0.4, -0.2) is 5.78 Å². The van der Waals surface area contributed by atoms with E-state index in [1.165, 1.54) is 19.3 Å². The minimum absolute atomic E-state index is 0.185. The normalized spacial score (nSPS) is 13.0. The molecule has 0 aliphatic carbocycles. The number of hydrogen-bond donors (Lipinski definition) is 0. The Morgan fingerprint density at radius 1 is 0.750 bits per heavy atom. The van der Waals surface area contributed by atoms with E-state index in [9.17, 15) is 4.79 Å². The van der Waals surface area contributed by atoms with Crippen molar-refractivity contribution in [3.8, 4) is 0 Å². The fourth-order valence-corrected chi connectivity index (χ4v) is 3.83. The molecule has 0 amide bonds. The maximum Gasteiger partial charge on any atom is 0.135 e. The predicted octanol–water partition coefficient (Wildman–Crippen LogP) is 6.12. The lowest BCUT2D eigenvalue weighted by Crippen LogP contribution is -2.28. The first-order valence-electron chi connectivity index (χ1n) is 8.60. The van der Waals surface area contributed by atoms with Gasteiger partial charge in [-0.2, -0.15) is 0 Å². The monoisotopic (exact) mass is 282 g/mol. The number of rotatable bonds is 10. The van der Waals surface area contributed by atoms with E-state index in [2.05, 4.69) is 41.5 Å². The van der Waals surface area contributed by atoms with Crippen molar-refractivity contribution in [1.29, 1.82) is 0 Å². The number of hydrogen-bond acceptors (Lipinski definition) is 1. The van der Waals surface area contributed by atoms with Gasteiger partial charge in [0.2, 0.25) is 0 Å². The first-order chi connectivity index (χ1) is 9.08. The topological polar surface area (TPSA) is 17.1 Å². The van der Waals surface area contributed by atoms with Crippen LogP contribution in [0.15, 0.2) is 0 Å². The van der Waals surface area contributed by atoms with Crippen molar-refractivity contribution < 1.29 is 4.79 Å². The summed E-state index contributed by atoms with van der Waals surface area (Å²) >= 11 is 0. The molecule has 0 atom stereocenters. The Balaban J connectivity index is 4.99. The maximum atomic E-state index is 12.0. The van der Waals surface area contributed by atoms with Crippen LogP contribution in [-0.2, 0) is 4.79 Å². The van der Waals surface area contributed by atoms with E-state index >= 15 is 0 Å². The van der Waals surface area contributed by atoms with Gasteiger partial charge in [0.05, 0.1) is 0 Å². The number of ketones is 1. The van der Waals surface area contributed by atoms with Gasteiger partial charge < -0.3 is 0 Å². The summed E-state index contributed by atoms with van der Waals surface area (Å²) in [6.45, 7) is 18.0. The van der Waals surface area contributed by atoms with E-state index in [1.54, 1.807) is 0 Å². The van der Waals surface area contributed by atoms with Crippen LogP contribution >= 0.6 is 0 Å². The summed E-state index contributed by atoms with van der Waals surface area (Å²) in [6.07, 6.45) is 5.63. The van der Waals surface area contributed by atoms with Crippen LogP contribution in [0.4, 0.5) is 0 Å². The van der Waals surface area contributed by atoms with Crippen LogP contribution in [0.3, 0.4) is 0 Å². The Kier molecular flexibility index (Phi) is 8.70. The van der Waals surface area contributed by atoms with Gasteiger partial charge in [-0.3, -0.25) is 4.79 Å². The van der Waals surface area contributed by atoms with Crippen LogP contribution in [0, 0.1) is 29.1 Å². The van der Waals surface area contributed by atoms with Crippen molar-refractivity contribution in [3.63, 3.8) is 0 Å². The van der Waals surface area contributed by atoms with Gasteiger partial charge in [-0.1, -0.05) is 55.4 Å². The first kappa shape index (κ1) is 19.7. The summed E-state index contributed by atoms with van der Waals surface area (Å²) in [4.78, 5) is 12.0. The van der Waals surface area contributed by atoms with E-state index < -0.39 is 0 Å². The van der Waals surface area contributed by atoms with Crippen molar-refractivity contribution in [2.24, 2.45) is 29.1 Å². The zero-order chi connectivity index (χ0) is 15.9.